The Morgan fingerprint density at radius 2 is 1.55 bits per heavy atom. The molecular weight excluding hydrogens is 244 g/mol. The Balaban J connectivity index is 1.46. The van der Waals surface area contributed by atoms with Crippen LogP contribution in [0.2, 0.25) is 0 Å². The van der Waals surface area contributed by atoms with Crippen molar-refractivity contribution in [1.29, 1.82) is 0 Å². The minimum Gasteiger partial charge on any atom is -0.314 e. The standard InChI is InChI=1S/C18H34N2/c1-14(19-6-4-5-7-20(2)3)18-11-15-8-16(12-18)10-17(9-15)13-18/h14-17,19H,4-13H2,1-3H3. The highest BCUT2D eigenvalue weighted by Crippen LogP contribution is 2.61. The van der Waals surface area contributed by atoms with Gasteiger partial charge in [-0.15, -0.1) is 0 Å². The van der Waals surface area contributed by atoms with Gasteiger partial charge in [0, 0.05) is 6.04 Å². The van der Waals surface area contributed by atoms with Crippen molar-refractivity contribution in [2.45, 2.75) is 64.3 Å². The monoisotopic (exact) mass is 278 g/mol. The lowest BCUT2D eigenvalue weighted by Crippen LogP contribution is -2.55. The van der Waals surface area contributed by atoms with Gasteiger partial charge in [0.25, 0.3) is 0 Å². The quantitative estimate of drug-likeness (QED) is 0.717. The Bertz CT molecular complexity index is 288. The lowest BCUT2D eigenvalue weighted by molar-refractivity contribution is -0.0703. The summed E-state index contributed by atoms with van der Waals surface area (Å²) in [6.07, 6.45) is 11.9. The molecule has 2 heteroatoms. The third-order valence-corrected chi connectivity index (χ3v) is 6.49. The highest BCUT2D eigenvalue weighted by molar-refractivity contribution is 5.05. The van der Waals surface area contributed by atoms with E-state index in [0.717, 1.165) is 23.8 Å². The van der Waals surface area contributed by atoms with E-state index < -0.39 is 0 Å². The van der Waals surface area contributed by atoms with Crippen molar-refractivity contribution in [2.75, 3.05) is 27.2 Å². The van der Waals surface area contributed by atoms with E-state index in [4.69, 9.17) is 0 Å². The zero-order valence-electron chi connectivity index (χ0n) is 13.8. The van der Waals surface area contributed by atoms with Gasteiger partial charge in [-0.1, -0.05) is 0 Å². The maximum atomic E-state index is 3.89. The van der Waals surface area contributed by atoms with E-state index in [1.165, 1.54) is 45.2 Å². The van der Waals surface area contributed by atoms with E-state index in [-0.39, 0.29) is 0 Å². The van der Waals surface area contributed by atoms with Gasteiger partial charge in [-0.2, -0.15) is 0 Å². The van der Waals surface area contributed by atoms with Gasteiger partial charge in [-0.3, -0.25) is 0 Å². The van der Waals surface area contributed by atoms with E-state index in [2.05, 4.69) is 31.2 Å². The van der Waals surface area contributed by atoms with E-state index in [0.29, 0.717) is 5.41 Å². The van der Waals surface area contributed by atoms with Gasteiger partial charge in [0.15, 0.2) is 0 Å². The molecule has 0 aliphatic heterocycles. The molecule has 0 aromatic carbocycles. The largest absolute Gasteiger partial charge is 0.314 e. The van der Waals surface area contributed by atoms with Crippen molar-refractivity contribution in [2.24, 2.45) is 23.2 Å². The van der Waals surface area contributed by atoms with Crippen LogP contribution in [0.15, 0.2) is 0 Å². The lowest BCUT2D eigenvalue weighted by Gasteiger charge is -2.59. The molecule has 0 aromatic rings. The van der Waals surface area contributed by atoms with Crippen LogP contribution in [-0.2, 0) is 0 Å². The molecule has 4 rings (SSSR count). The maximum absolute atomic E-state index is 3.89. The van der Waals surface area contributed by atoms with Crippen LogP contribution in [0.4, 0.5) is 0 Å². The molecule has 1 atom stereocenters. The first kappa shape index (κ1) is 14.8. The van der Waals surface area contributed by atoms with Gasteiger partial charge in [-0.05, 0) is 109 Å². The second-order valence-corrected chi connectivity index (χ2v) is 8.47. The molecule has 1 unspecified atom stereocenters. The van der Waals surface area contributed by atoms with Crippen molar-refractivity contribution in [1.82, 2.24) is 10.2 Å². The molecule has 20 heavy (non-hydrogen) atoms. The number of nitrogens with zero attached hydrogens (tertiary/aromatic N) is 1. The summed E-state index contributed by atoms with van der Waals surface area (Å²) in [5, 5.41) is 3.89. The van der Waals surface area contributed by atoms with Crippen molar-refractivity contribution < 1.29 is 0 Å². The van der Waals surface area contributed by atoms with Crippen molar-refractivity contribution in [3.05, 3.63) is 0 Å². The first-order valence-electron chi connectivity index (χ1n) is 8.95. The summed E-state index contributed by atoms with van der Waals surface area (Å²) in [6, 6.07) is 0.746. The molecule has 0 spiro atoms. The van der Waals surface area contributed by atoms with Crippen LogP contribution >= 0.6 is 0 Å². The fourth-order valence-electron chi connectivity index (χ4n) is 5.80. The maximum Gasteiger partial charge on any atom is 0.00954 e. The topological polar surface area (TPSA) is 15.3 Å². The predicted octanol–water partition coefficient (Wildman–Crippen LogP) is 3.52. The first-order chi connectivity index (χ1) is 9.57. The molecule has 4 fully saturated rings. The number of hydrogen-bond donors (Lipinski definition) is 1. The molecule has 0 amide bonds. The van der Waals surface area contributed by atoms with Crippen LogP contribution in [0.25, 0.3) is 0 Å². The Morgan fingerprint density at radius 3 is 2.05 bits per heavy atom. The molecule has 4 bridgehead atoms. The molecule has 0 radical (unpaired) electrons. The number of nitrogens with one attached hydrogen (secondary N) is 1. The zero-order chi connectivity index (χ0) is 14.2. The Morgan fingerprint density at radius 1 is 1.00 bits per heavy atom. The number of rotatable bonds is 7. The van der Waals surface area contributed by atoms with Gasteiger partial charge in [0.1, 0.15) is 0 Å². The Hall–Kier alpha value is -0.0800. The molecule has 0 saturated heterocycles. The van der Waals surface area contributed by atoms with Gasteiger partial charge >= 0.3 is 0 Å². The lowest BCUT2D eigenvalue weighted by atomic mass is 9.48. The van der Waals surface area contributed by atoms with Crippen LogP contribution in [0, 0.1) is 23.2 Å². The third kappa shape index (κ3) is 3.06. The van der Waals surface area contributed by atoms with Gasteiger partial charge in [0.05, 0.1) is 0 Å². The highest BCUT2D eigenvalue weighted by Gasteiger charge is 2.52. The van der Waals surface area contributed by atoms with Crippen LogP contribution in [-0.4, -0.2) is 38.1 Å². The Labute approximate surface area is 125 Å². The highest BCUT2D eigenvalue weighted by atomic mass is 15.0. The van der Waals surface area contributed by atoms with Crippen LogP contribution in [0.5, 0.6) is 0 Å². The average Bonchev–Trinajstić information content (AvgIpc) is 2.36. The summed E-state index contributed by atoms with van der Waals surface area (Å²) in [5.74, 6) is 3.25. The SMILES string of the molecule is CC(NCCCCN(C)C)C12CC3CC(CC(C3)C1)C2. The second kappa shape index (κ2) is 5.96. The van der Waals surface area contributed by atoms with Crippen molar-refractivity contribution in [3.63, 3.8) is 0 Å². The van der Waals surface area contributed by atoms with Crippen LogP contribution < -0.4 is 5.32 Å². The molecule has 1 N–H and O–H groups in total. The molecule has 0 heterocycles. The fraction of sp³-hybridized carbons (Fsp3) is 1.00. The van der Waals surface area contributed by atoms with Crippen LogP contribution in [0.1, 0.15) is 58.3 Å². The normalized spacial score (nSPS) is 40.5. The average molecular weight is 278 g/mol. The van der Waals surface area contributed by atoms with E-state index in [9.17, 15) is 0 Å². The van der Waals surface area contributed by atoms with Crippen molar-refractivity contribution >= 4 is 0 Å². The molecule has 4 aliphatic carbocycles. The summed E-state index contributed by atoms with van der Waals surface area (Å²) < 4.78 is 0. The molecule has 2 nitrogen and oxygen atoms in total. The first-order valence-corrected chi connectivity index (χ1v) is 8.95. The summed E-state index contributed by atoms with van der Waals surface area (Å²) in [6.45, 7) is 4.93. The summed E-state index contributed by atoms with van der Waals surface area (Å²) >= 11 is 0. The fourth-order valence-corrected chi connectivity index (χ4v) is 5.80. The van der Waals surface area contributed by atoms with Crippen molar-refractivity contribution in [3.8, 4) is 0 Å². The van der Waals surface area contributed by atoms with Gasteiger partial charge < -0.3 is 10.2 Å². The second-order valence-electron chi connectivity index (χ2n) is 8.47. The van der Waals surface area contributed by atoms with Gasteiger partial charge in [0.2, 0.25) is 0 Å². The minimum atomic E-state index is 0.677. The summed E-state index contributed by atoms with van der Waals surface area (Å²) in [5.41, 5.74) is 0.677. The molecule has 4 aliphatic rings. The third-order valence-electron chi connectivity index (χ3n) is 6.49. The van der Waals surface area contributed by atoms with Gasteiger partial charge in [-0.25, -0.2) is 0 Å². The molecular formula is C18H34N2. The van der Waals surface area contributed by atoms with Crippen LogP contribution in [0.3, 0.4) is 0 Å². The Kier molecular flexibility index (Phi) is 4.42. The minimum absolute atomic E-state index is 0.677. The number of unbranched alkanes of at least 4 members (excludes halogenated alkanes) is 1. The summed E-state index contributed by atoms with van der Waals surface area (Å²) in [7, 11) is 4.34. The van der Waals surface area contributed by atoms with E-state index in [1.807, 2.05) is 0 Å². The number of hydrogen-bond acceptors (Lipinski definition) is 2. The van der Waals surface area contributed by atoms with E-state index in [1.54, 1.807) is 19.3 Å². The zero-order valence-corrected chi connectivity index (χ0v) is 13.8. The summed E-state index contributed by atoms with van der Waals surface area (Å²) in [4.78, 5) is 2.29. The molecule has 116 valence electrons. The molecule has 0 aromatic heterocycles. The predicted molar refractivity (Wildman–Crippen MR) is 85.9 cm³/mol. The molecule has 4 saturated carbocycles. The van der Waals surface area contributed by atoms with E-state index >= 15 is 0 Å². The smallest absolute Gasteiger partial charge is 0.00954 e.